The zero-order valence-electron chi connectivity index (χ0n) is 24.8. The lowest BCUT2D eigenvalue weighted by Gasteiger charge is -2.27. The first-order valence-electron chi connectivity index (χ1n) is 14.1. The summed E-state index contributed by atoms with van der Waals surface area (Å²) in [5.74, 6) is 1.96. The number of nitrogens with one attached hydrogen (secondary N) is 1. The van der Waals surface area contributed by atoms with Crippen LogP contribution in [0.4, 0.5) is 15.9 Å². The van der Waals surface area contributed by atoms with Gasteiger partial charge < -0.3 is 24.8 Å². The third-order valence-corrected chi connectivity index (χ3v) is 7.63. The van der Waals surface area contributed by atoms with Gasteiger partial charge in [-0.1, -0.05) is 38.4 Å². The van der Waals surface area contributed by atoms with Crippen LogP contribution in [-0.4, -0.2) is 59.3 Å². The van der Waals surface area contributed by atoms with Crippen molar-refractivity contribution in [1.29, 1.82) is 0 Å². The Hall–Kier alpha value is -3.17. The maximum Gasteiger partial charge on any atom is 0.224 e. The summed E-state index contributed by atoms with van der Waals surface area (Å²) in [5, 5.41) is 13.1. The number of aliphatic hydroxyl groups is 1. The summed E-state index contributed by atoms with van der Waals surface area (Å²) in [6.07, 6.45) is 6.87. The molecule has 2 atom stereocenters. The number of anilines is 2. The summed E-state index contributed by atoms with van der Waals surface area (Å²) in [5.41, 5.74) is 0.920. The normalized spacial score (nSPS) is 18.1. The third-order valence-electron chi connectivity index (χ3n) is 7.34. The molecule has 1 aliphatic rings. The lowest BCUT2D eigenvalue weighted by atomic mass is 9.89. The summed E-state index contributed by atoms with van der Waals surface area (Å²) < 4.78 is 26.1. The Morgan fingerprint density at radius 3 is 2.54 bits per heavy atom. The van der Waals surface area contributed by atoms with E-state index in [4.69, 9.17) is 21.1 Å². The number of nitrogens with zero attached hydrogens (tertiary/aromatic N) is 3. The minimum absolute atomic E-state index is 0.0468. The second-order valence-electron chi connectivity index (χ2n) is 10.9. The van der Waals surface area contributed by atoms with Crippen molar-refractivity contribution in [2.24, 2.45) is 11.8 Å². The van der Waals surface area contributed by atoms with E-state index in [-0.39, 0.29) is 34.7 Å². The molecule has 0 aliphatic heterocycles. The number of carbonyl (C=O) groups is 1. The van der Waals surface area contributed by atoms with Gasteiger partial charge in [0.25, 0.3) is 0 Å². The Bertz CT molecular complexity index is 1300. The lowest BCUT2D eigenvalue weighted by Crippen LogP contribution is -2.30. The number of hydrogen-bond donors (Lipinski definition) is 2. The van der Waals surface area contributed by atoms with Crippen LogP contribution in [0.25, 0.3) is 10.9 Å². The number of benzene rings is 2. The first-order valence-corrected chi connectivity index (χ1v) is 14.5. The summed E-state index contributed by atoms with van der Waals surface area (Å²) in [7, 11) is 5.08. The topological polar surface area (TPSA) is 96.8 Å². The van der Waals surface area contributed by atoms with Gasteiger partial charge in [0.15, 0.2) is 17.3 Å². The van der Waals surface area contributed by atoms with Gasteiger partial charge in [0, 0.05) is 31.5 Å². The first kappa shape index (κ1) is 32.3. The molecule has 4 rings (SSSR count). The van der Waals surface area contributed by atoms with E-state index in [2.05, 4.69) is 22.2 Å². The van der Waals surface area contributed by atoms with Gasteiger partial charge in [-0.15, -0.1) is 0 Å². The van der Waals surface area contributed by atoms with Crippen molar-refractivity contribution in [3.63, 3.8) is 0 Å². The number of aromatic nitrogens is 2. The summed E-state index contributed by atoms with van der Waals surface area (Å²) in [6, 6.07) is 8.47. The fourth-order valence-electron chi connectivity index (χ4n) is 4.79. The fourth-order valence-corrected chi connectivity index (χ4v) is 4.96. The molecule has 10 heteroatoms. The van der Waals surface area contributed by atoms with Crippen LogP contribution in [0.3, 0.4) is 0 Å². The summed E-state index contributed by atoms with van der Waals surface area (Å²) in [6.45, 7) is 6.04. The number of aliphatic hydroxyl groups excluding tert-OH is 1. The van der Waals surface area contributed by atoms with Crippen LogP contribution >= 0.6 is 11.6 Å². The molecule has 2 aromatic carbocycles. The highest BCUT2D eigenvalue weighted by molar-refractivity contribution is 6.31. The average molecular weight is 589 g/mol. The molecular weight excluding hydrogens is 547 g/mol. The lowest BCUT2D eigenvalue weighted by molar-refractivity contribution is -0.133. The second-order valence-corrected chi connectivity index (χ2v) is 11.3. The van der Waals surface area contributed by atoms with Crippen LogP contribution in [-0.2, 0) is 4.79 Å². The molecule has 2 N–H and O–H groups in total. The number of methoxy groups -OCH3 is 1. The van der Waals surface area contributed by atoms with Crippen LogP contribution in [0.5, 0.6) is 11.5 Å². The zero-order valence-corrected chi connectivity index (χ0v) is 25.5. The van der Waals surface area contributed by atoms with E-state index in [1.807, 2.05) is 26.0 Å². The van der Waals surface area contributed by atoms with Crippen LogP contribution in [0.15, 0.2) is 36.7 Å². The minimum Gasteiger partial charge on any atom is -0.493 e. The standard InChI is InChI=1S/C22H23ClFN3O2.C9H19NO2/c1-13-6-8-14(9-7-13)29-20-10-15-18(11-19(20)28-2)25-12-26-22(15)27-17-5-3-4-16(23)21(17)24;1-5-8(11)6-7(2)9(12)10(3)4/h3-5,10-14H,6-9H2,1-2H3,(H,25,26,27);7-8,11H,5-6H2,1-4H3/t;7-,8+/m.1/s1. The summed E-state index contributed by atoms with van der Waals surface area (Å²) in [4.78, 5) is 21.5. The highest BCUT2D eigenvalue weighted by atomic mass is 35.5. The Balaban J connectivity index is 0.000000327. The molecule has 1 saturated carbocycles. The van der Waals surface area contributed by atoms with Crippen molar-refractivity contribution in [1.82, 2.24) is 14.9 Å². The van der Waals surface area contributed by atoms with Gasteiger partial charge >= 0.3 is 0 Å². The van der Waals surface area contributed by atoms with Crippen molar-refractivity contribution in [3.8, 4) is 11.5 Å². The highest BCUT2D eigenvalue weighted by Crippen LogP contribution is 2.37. The molecule has 0 saturated heterocycles. The smallest absolute Gasteiger partial charge is 0.224 e. The molecule has 1 aliphatic carbocycles. The Labute approximate surface area is 247 Å². The molecule has 1 heterocycles. The number of amides is 1. The number of rotatable bonds is 9. The molecule has 1 aromatic heterocycles. The molecule has 1 fully saturated rings. The van der Waals surface area contributed by atoms with Crippen LogP contribution in [0.2, 0.25) is 5.02 Å². The molecule has 0 spiro atoms. The van der Waals surface area contributed by atoms with Crippen LogP contribution in [0.1, 0.15) is 59.3 Å². The monoisotopic (exact) mass is 588 g/mol. The minimum atomic E-state index is -0.526. The average Bonchev–Trinajstić information content (AvgIpc) is 2.96. The first-order chi connectivity index (χ1) is 19.5. The molecule has 41 heavy (non-hydrogen) atoms. The van der Waals surface area contributed by atoms with Crippen LogP contribution < -0.4 is 14.8 Å². The van der Waals surface area contributed by atoms with Gasteiger partial charge in [-0.05, 0) is 62.6 Å². The quantitative estimate of drug-likeness (QED) is 0.278. The van der Waals surface area contributed by atoms with E-state index in [1.165, 1.54) is 12.4 Å². The molecule has 8 nitrogen and oxygen atoms in total. The van der Waals surface area contributed by atoms with Gasteiger partial charge in [0.05, 0.1) is 35.5 Å². The molecular formula is C31H42ClFN4O4. The fraction of sp³-hybridized carbons (Fsp3) is 0.516. The molecule has 3 aromatic rings. The van der Waals surface area contributed by atoms with Gasteiger partial charge in [-0.3, -0.25) is 4.79 Å². The van der Waals surface area contributed by atoms with Crippen molar-refractivity contribution >= 4 is 39.9 Å². The predicted molar refractivity (Wildman–Crippen MR) is 162 cm³/mol. The molecule has 1 amide bonds. The largest absolute Gasteiger partial charge is 0.493 e. The van der Waals surface area contributed by atoms with Gasteiger partial charge in [0.2, 0.25) is 5.91 Å². The van der Waals surface area contributed by atoms with E-state index < -0.39 is 5.82 Å². The third kappa shape index (κ3) is 8.91. The Morgan fingerprint density at radius 2 is 1.90 bits per heavy atom. The Kier molecular flexibility index (Phi) is 12.0. The molecule has 0 radical (unpaired) electrons. The van der Waals surface area contributed by atoms with E-state index >= 15 is 0 Å². The van der Waals surface area contributed by atoms with Crippen molar-refractivity contribution in [2.45, 2.75) is 71.5 Å². The van der Waals surface area contributed by atoms with Gasteiger partial charge in [0.1, 0.15) is 12.1 Å². The van der Waals surface area contributed by atoms with E-state index in [0.717, 1.165) is 31.6 Å². The maximum absolute atomic E-state index is 14.3. The van der Waals surface area contributed by atoms with Crippen molar-refractivity contribution in [3.05, 3.63) is 47.5 Å². The Morgan fingerprint density at radius 1 is 1.20 bits per heavy atom. The van der Waals surface area contributed by atoms with E-state index in [9.17, 15) is 14.3 Å². The molecule has 0 bridgehead atoms. The second kappa shape index (κ2) is 15.2. The maximum atomic E-state index is 14.3. The van der Waals surface area contributed by atoms with Crippen molar-refractivity contribution in [2.75, 3.05) is 26.5 Å². The van der Waals surface area contributed by atoms with E-state index in [1.54, 1.807) is 38.2 Å². The highest BCUT2D eigenvalue weighted by Gasteiger charge is 2.22. The van der Waals surface area contributed by atoms with Gasteiger partial charge in [-0.25, -0.2) is 14.4 Å². The van der Waals surface area contributed by atoms with Crippen LogP contribution in [0, 0.1) is 17.7 Å². The predicted octanol–water partition coefficient (Wildman–Crippen LogP) is 7.00. The zero-order chi connectivity index (χ0) is 30.1. The summed E-state index contributed by atoms with van der Waals surface area (Å²) >= 11 is 5.90. The number of carbonyl (C=O) groups excluding carboxylic acids is 1. The van der Waals surface area contributed by atoms with Crippen molar-refractivity contribution < 1.29 is 23.8 Å². The number of halogens is 2. The number of fused-ring (bicyclic) bond motifs is 1. The molecule has 224 valence electrons. The SMILES string of the molecule is CC[C@H](O)C[C@@H](C)C(=O)N(C)C.COc1cc2ncnc(Nc3cccc(Cl)c3F)c2cc1OC1CCC(C)CC1. The van der Waals surface area contributed by atoms with Gasteiger partial charge in [-0.2, -0.15) is 0 Å². The molecule has 0 unspecified atom stereocenters. The number of ether oxygens (including phenoxy) is 2. The number of hydrogen-bond acceptors (Lipinski definition) is 7. The van der Waals surface area contributed by atoms with E-state index in [0.29, 0.717) is 41.1 Å².